The van der Waals surface area contributed by atoms with E-state index in [0.29, 0.717) is 13.0 Å². The van der Waals surface area contributed by atoms with E-state index in [1.54, 1.807) is 17.1 Å². The monoisotopic (exact) mass is 407 g/mol. The van der Waals surface area contributed by atoms with E-state index in [2.05, 4.69) is 43.9 Å². The fourth-order valence-corrected chi connectivity index (χ4v) is 4.40. The summed E-state index contributed by atoms with van der Waals surface area (Å²) < 4.78 is 13.4. The molecule has 1 saturated heterocycles. The number of halogens is 1. The van der Waals surface area contributed by atoms with Crippen LogP contribution in [0.1, 0.15) is 54.5 Å². The number of hydrazone groups is 1. The van der Waals surface area contributed by atoms with Crippen molar-refractivity contribution in [2.24, 2.45) is 11.0 Å². The van der Waals surface area contributed by atoms with Gasteiger partial charge in [-0.15, -0.1) is 0 Å². The highest BCUT2D eigenvalue weighted by Gasteiger charge is 2.34. The van der Waals surface area contributed by atoms with E-state index in [0.717, 1.165) is 54.3 Å². The van der Waals surface area contributed by atoms with Crippen molar-refractivity contribution in [3.63, 3.8) is 0 Å². The summed E-state index contributed by atoms with van der Waals surface area (Å²) in [6.07, 6.45) is 2.91. The van der Waals surface area contributed by atoms with Gasteiger partial charge in [-0.2, -0.15) is 5.10 Å². The van der Waals surface area contributed by atoms with Gasteiger partial charge in [0.05, 0.1) is 18.3 Å². The predicted octanol–water partition coefficient (Wildman–Crippen LogP) is 4.85. The van der Waals surface area contributed by atoms with Crippen molar-refractivity contribution >= 4 is 11.6 Å². The van der Waals surface area contributed by atoms with E-state index in [1.165, 1.54) is 17.7 Å². The molecule has 30 heavy (non-hydrogen) atoms. The second kappa shape index (κ2) is 8.68. The van der Waals surface area contributed by atoms with Crippen molar-refractivity contribution in [2.75, 3.05) is 19.6 Å². The van der Waals surface area contributed by atoms with Crippen LogP contribution in [0, 0.1) is 25.6 Å². The van der Waals surface area contributed by atoms with Crippen LogP contribution in [-0.4, -0.2) is 41.2 Å². The molecule has 4 nitrogen and oxygen atoms in total. The van der Waals surface area contributed by atoms with Crippen molar-refractivity contribution in [2.45, 2.75) is 46.1 Å². The molecule has 0 bridgehead atoms. The lowest BCUT2D eigenvalue weighted by atomic mass is 9.94. The highest BCUT2D eigenvalue weighted by atomic mass is 19.1. The Morgan fingerprint density at radius 1 is 1.10 bits per heavy atom. The van der Waals surface area contributed by atoms with Crippen molar-refractivity contribution in [1.29, 1.82) is 0 Å². The largest absolute Gasteiger partial charge is 0.294 e. The molecule has 0 N–H and O–H groups in total. The zero-order valence-electron chi connectivity index (χ0n) is 18.1. The predicted molar refractivity (Wildman–Crippen MR) is 118 cm³/mol. The van der Waals surface area contributed by atoms with Crippen LogP contribution in [0.15, 0.2) is 47.6 Å². The number of amides is 1. The van der Waals surface area contributed by atoms with E-state index in [4.69, 9.17) is 5.10 Å². The number of hydrogen-bond donors (Lipinski definition) is 0. The molecule has 0 aliphatic carbocycles. The maximum absolute atomic E-state index is 13.4. The van der Waals surface area contributed by atoms with Gasteiger partial charge in [-0.25, -0.2) is 9.40 Å². The number of nitrogens with zero attached hydrogens (tertiary/aromatic N) is 3. The van der Waals surface area contributed by atoms with Crippen LogP contribution >= 0.6 is 0 Å². The first kappa shape index (κ1) is 20.7. The zero-order chi connectivity index (χ0) is 21.3. The molecule has 0 spiro atoms. The normalized spacial score (nSPS) is 20.5. The smallest absolute Gasteiger partial charge is 0.257 e. The van der Waals surface area contributed by atoms with Gasteiger partial charge in [-0.1, -0.05) is 42.8 Å². The van der Waals surface area contributed by atoms with Gasteiger partial charge in [0.15, 0.2) is 0 Å². The average Bonchev–Trinajstić information content (AvgIpc) is 3.17. The van der Waals surface area contributed by atoms with Crippen LogP contribution in [0.25, 0.3) is 0 Å². The van der Waals surface area contributed by atoms with Crippen molar-refractivity contribution in [1.82, 2.24) is 9.91 Å². The minimum Gasteiger partial charge on any atom is -0.294 e. The number of hydrogen-bond acceptors (Lipinski definition) is 3. The number of likely N-dealkylation sites (tertiary alicyclic amines) is 1. The summed E-state index contributed by atoms with van der Waals surface area (Å²) in [7, 11) is 0. The van der Waals surface area contributed by atoms with Crippen LogP contribution in [-0.2, 0) is 4.79 Å². The summed E-state index contributed by atoms with van der Waals surface area (Å²) in [5.41, 5.74) is 5.17. The highest BCUT2D eigenvalue weighted by molar-refractivity contribution is 6.03. The quantitative estimate of drug-likeness (QED) is 0.726. The average molecular weight is 408 g/mol. The SMILES string of the molecule is Cc1ccc(C)c([C@H]2CC(c3ccc(F)cc3)=NN2C(=O)CN2CCC(C)CC2)c1. The van der Waals surface area contributed by atoms with Gasteiger partial charge in [0.25, 0.3) is 5.91 Å². The first-order chi connectivity index (χ1) is 14.4. The molecule has 2 aromatic carbocycles. The van der Waals surface area contributed by atoms with Gasteiger partial charge in [-0.3, -0.25) is 9.69 Å². The molecule has 0 saturated carbocycles. The molecule has 5 heteroatoms. The van der Waals surface area contributed by atoms with Crippen LogP contribution in [0.3, 0.4) is 0 Å². The third-order valence-electron chi connectivity index (χ3n) is 6.37. The molecule has 0 aromatic heterocycles. The summed E-state index contributed by atoms with van der Waals surface area (Å²) in [5.74, 6) is 0.497. The molecule has 0 radical (unpaired) electrons. The molecule has 1 fully saturated rings. The molecule has 2 heterocycles. The van der Waals surface area contributed by atoms with Crippen molar-refractivity contribution in [3.05, 3.63) is 70.5 Å². The lowest BCUT2D eigenvalue weighted by molar-refractivity contribution is -0.134. The van der Waals surface area contributed by atoms with E-state index in [9.17, 15) is 9.18 Å². The summed E-state index contributed by atoms with van der Waals surface area (Å²) in [5, 5.41) is 6.43. The number of piperidine rings is 1. The fraction of sp³-hybridized carbons (Fsp3) is 0.440. The summed E-state index contributed by atoms with van der Waals surface area (Å²) in [6, 6.07) is 12.6. The number of benzene rings is 2. The first-order valence-electron chi connectivity index (χ1n) is 10.9. The van der Waals surface area contributed by atoms with Crippen molar-refractivity contribution < 1.29 is 9.18 Å². The van der Waals surface area contributed by atoms with Gasteiger partial charge >= 0.3 is 0 Å². The third kappa shape index (κ3) is 4.46. The van der Waals surface area contributed by atoms with E-state index in [-0.39, 0.29) is 17.8 Å². The second-order valence-corrected chi connectivity index (χ2v) is 8.83. The van der Waals surface area contributed by atoms with Crippen LogP contribution in [0.2, 0.25) is 0 Å². The van der Waals surface area contributed by atoms with Gasteiger partial charge < -0.3 is 0 Å². The Morgan fingerprint density at radius 2 is 1.80 bits per heavy atom. The lowest BCUT2D eigenvalue weighted by Crippen LogP contribution is -2.41. The summed E-state index contributed by atoms with van der Waals surface area (Å²) in [4.78, 5) is 15.6. The Bertz CT molecular complexity index is 945. The number of carbonyl (C=O) groups excluding carboxylic acids is 1. The molecular weight excluding hydrogens is 377 g/mol. The minimum atomic E-state index is -0.268. The highest BCUT2D eigenvalue weighted by Crippen LogP contribution is 2.35. The maximum Gasteiger partial charge on any atom is 0.257 e. The second-order valence-electron chi connectivity index (χ2n) is 8.83. The van der Waals surface area contributed by atoms with Gasteiger partial charge in [-0.05, 0) is 74.5 Å². The Kier molecular flexibility index (Phi) is 6.00. The van der Waals surface area contributed by atoms with Crippen molar-refractivity contribution in [3.8, 4) is 0 Å². The molecule has 2 aromatic rings. The fourth-order valence-electron chi connectivity index (χ4n) is 4.40. The molecule has 158 valence electrons. The number of rotatable bonds is 4. The van der Waals surface area contributed by atoms with Gasteiger partial charge in [0.2, 0.25) is 0 Å². The van der Waals surface area contributed by atoms with Crippen LogP contribution in [0.4, 0.5) is 4.39 Å². The molecule has 2 aliphatic rings. The van der Waals surface area contributed by atoms with Crippen LogP contribution < -0.4 is 0 Å². The molecular formula is C25H30FN3O. The Balaban J connectivity index is 1.62. The molecule has 1 amide bonds. The van der Waals surface area contributed by atoms with E-state index >= 15 is 0 Å². The van der Waals surface area contributed by atoms with Gasteiger partial charge in [0.1, 0.15) is 5.82 Å². The third-order valence-corrected chi connectivity index (χ3v) is 6.37. The molecule has 2 aliphatic heterocycles. The molecule has 4 rings (SSSR count). The summed E-state index contributed by atoms with van der Waals surface area (Å²) in [6.45, 7) is 8.75. The standard InChI is InChI=1S/C25H30FN3O/c1-17-10-12-28(13-11-17)16-25(30)29-24(22-14-18(2)4-5-19(22)3)15-23(27-29)20-6-8-21(26)9-7-20/h4-9,14,17,24H,10-13,15-16H2,1-3H3/t24-/m1/s1. The zero-order valence-corrected chi connectivity index (χ0v) is 18.1. The molecule has 1 atom stereocenters. The Morgan fingerprint density at radius 3 is 2.50 bits per heavy atom. The van der Waals surface area contributed by atoms with E-state index < -0.39 is 0 Å². The maximum atomic E-state index is 13.4. The minimum absolute atomic E-state index is 0.0348. The number of aryl methyl sites for hydroxylation is 2. The van der Waals surface area contributed by atoms with Gasteiger partial charge in [0, 0.05) is 6.42 Å². The van der Waals surface area contributed by atoms with Crippen LogP contribution in [0.5, 0.6) is 0 Å². The topological polar surface area (TPSA) is 35.9 Å². The number of carbonyl (C=O) groups is 1. The lowest BCUT2D eigenvalue weighted by Gasteiger charge is -2.31. The van der Waals surface area contributed by atoms with E-state index in [1.807, 2.05) is 0 Å². The molecule has 0 unspecified atom stereocenters. The first-order valence-corrected chi connectivity index (χ1v) is 10.9. The Labute approximate surface area is 178 Å². The Hall–Kier alpha value is -2.53. The summed E-state index contributed by atoms with van der Waals surface area (Å²) >= 11 is 0.